The van der Waals surface area contributed by atoms with Crippen molar-refractivity contribution in [3.8, 4) is 0 Å². The third-order valence-corrected chi connectivity index (χ3v) is 6.94. The van der Waals surface area contributed by atoms with Crippen molar-refractivity contribution in [2.75, 3.05) is 19.6 Å². The third kappa shape index (κ3) is 2.84. The molecule has 3 fully saturated rings. The summed E-state index contributed by atoms with van der Waals surface area (Å²) in [5, 5.41) is 5.92. The van der Waals surface area contributed by atoms with Gasteiger partial charge in [0.05, 0.1) is 0 Å². The molecule has 5 rings (SSSR count). The van der Waals surface area contributed by atoms with E-state index in [1.807, 2.05) is 18.2 Å². The number of nitrogens with one attached hydrogen (secondary N) is 2. The van der Waals surface area contributed by atoms with E-state index in [1.54, 1.807) is 4.90 Å². The van der Waals surface area contributed by atoms with Crippen molar-refractivity contribution in [3.05, 3.63) is 34.9 Å². The molecule has 148 valence electrons. The zero-order valence-electron chi connectivity index (χ0n) is 16.1. The molecule has 3 saturated heterocycles. The van der Waals surface area contributed by atoms with Gasteiger partial charge in [-0.15, -0.1) is 0 Å². The van der Waals surface area contributed by atoms with Gasteiger partial charge in [0.15, 0.2) is 0 Å². The van der Waals surface area contributed by atoms with Crippen molar-refractivity contribution in [2.45, 2.75) is 44.9 Å². The molecule has 0 spiro atoms. The van der Waals surface area contributed by atoms with Crippen LogP contribution in [0.2, 0.25) is 0 Å². The normalized spacial score (nSPS) is 32.6. The maximum atomic E-state index is 13.2. The minimum atomic E-state index is -0.552. The molecule has 0 radical (unpaired) electrons. The van der Waals surface area contributed by atoms with E-state index in [-0.39, 0.29) is 24.1 Å². The van der Waals surface area contributed by atoms with Crippen molar-refractivity contribution < 1.29 is 14.4 Å². The van der Waals surface area contributed by atoms with Gasteiger partial charge in [0.2, 0.25) is 11.8 Å². The number of imide groups is 1. The summed E-state index contributed by atoms with van der Waals surface area (Å²) in [6, 6.07) is 6.04. The lowest BCUT2D eigenvalue weighted by atomic mass is 9.95. The van der Waals surface area contributed by atoms with Crippen LogP contribution in [0.3, 0.4) is 0 Å². The van der Waals surface area contributed by atoms with E-state index in [0.717, 1.165) is 42.9 Å². The summed E-state index contributed by atoms with van der Waals surface area (Å²) >= 11 is 0. The van der Waals surface area contributed by atoms with Gasteiger partial charge in [-0.3, -0.25) is 24.6 Å². The predicted octanol–water partition coefficient (Wildman–Crippen LogP) is 0.487. The molecule has 4 unspecified atom stereocenters. The van der Waals surface area contributed by atoms with Crippen LogP contribution in [0.1, 0.15) is 41.3 Å². The van der Waals surface area contributed by atoms with Crippen LogP contribution >= 0.6 is 0 Å². The van der Waals surface area contributed by atoms with Gasteiger partial charge in [-0.2, -0.15) is 0 Å². The van der Waals surface area contributed by atoms with Crippen LogP contribution in [0.25, 0.3) is 0 Å². The highest BCUT2D eigenvalue weighted by Gasteiger charge is 2.42. The van der Waals surface area contributed by atoms with Crippen molar-refractivity contribution in [1.29, 1.82) is 0 Å². The van der Waals surface area contributed by atoms with Crippen LogP contribution in [-0.2, 0) is 22.7 Å². The monoisotopic (exact) mass is 382 g/mol. The molecule has 0 saturated carbocycles. The van der Waals surface area contributed by atoms with Crippen molar-refractivity contribution in [2.24, 2.45) is 11.8 Å². The molecule has 1 aromatic rings. The van der Waals surface area contributed by atoms with Crippen molar-refractivity contribution in [1.82, 2.24) is 20.4 Å². The van der Waals surface area contributed by atoms with Crippen LogP contribution in [0, 0.1) is 11.8 Å². The molecule has 4 aliphatic heterocycles. The Hall–Kier alpha value is -2.25. The van der Waals surface area contributed by atoms with E-state index in [9.17, 15) is 14.4 Å². The van der Waals surface area contributed by atoms with Crippen LogP contribution < -0.4 is 10.6 Å². The fraction of sp³-hybridized carbons (Fsp3) is 0.571. The second-order valence-corrected chi connectivity index (χ2v) is 8.67. The number of rotatable bonds is 3. The van der Waals surface area contributed by atoms with E-state index in [4.69, 9.17) is 0 Å². The summed E-state index contributed by atoms with van der Waals surface area (Å²) in [5.74, 6) is 0.701. The highest BCUT2D eigenvalue weighted by atomic mass is 16.2. The molecule has 0 aromatic heterocycles. The summed E-state index contributed by atoms with van der Waals surface area (Å²) in [6.45, 7) is 6.69. The summed E-state index contributed by atoms with van der Waals surface area (Å²) in [4.78, 5) is 41.0. The first-order valence-electron chi connectivity index (χ1n) is 10.2. The highest BCUT2D eigenvalue weighted by Crippen LogP contribution is 2.34. The Morgan fingerprint density at radius 1 is 1.18 bits per heavy atom. The average Bonchev–Trinajstić information content (AvgIpc) is 3.31. The molecule has 4 atom stereocenters. The molecule has 0 aliphatic carbocycles. The summed E-state index contributed by atoms with van der Waals surface area (Å²) in [7, 11) is 0. The van der Waals surface area contributed by atoms with Gasteiger partial charge in [0.25, 0.3) is 5.91 Å². The number of fused-ring (bicyclic) bond motifs is 2. The number of nitrogens with zero attached hydrogens (tertiary/aromatic N) is 2. The second kappa shape index (κ2) is 6.67. The third-order valence-electron chi connectivity index (χ3n) is 6.94. The Labute approximate surface area is 164 Å². The molecule has 0 bridgehead atoms. The number of carbonyl (C=O) groups is 3. The predicted molar refractivity (Wildman–Crippen MR) is 102 cm³/mol. The lowest BCUT2D eigenvalue weighted by Crippen LogP contribution is -2.52. The van der Waals surface area contributed by atoms with Crippen LogP contribution in [0.5, 0.6) is 0 Å². The Morgan fingerprint density at radius 2 is 2.04 bits per heavy atom. The fourth-order valence-corrected chi connectivity index (χ4v) is 5.45. The number of hydrogen-bond acceptors (Lipinski definition) is 5. The minimum Gasteiger partial charge on any atom is -0.322 e. The first-order chi connectivity index (χ1) is 13.5. The van der Waals surface area contributed by atoms with Crippen molar-refractivity contribution in [3.63, 3.8) is 0 Å². The lowest BCUT2D eigenvalue weighted by molar-refractivity contribution is -0.136. The maximum absolute atomic E-state index is 13.2. The first kappa shape index (κ1) is 17.8. The summed E-state index contributed by atoms with van der Waals surface area (Å²) < 4.78 is 0. The van der Waals surface area contributed by atoms with E-state index in [0.29, 0.717) is 30.8 Å². The number of hydrogen-bond donors (Lipinski definition) is 2. The lowest BCUT2D eigenvalue weighted by Gasteiger charge is -2.29. The average molecular weight is 382 g/mol. The molecule has 28 heavy (non-hydrogen) atoms. The van der Waals surface area contributed by atoms with Crippen LogP contribution in [0.15, 0.2) is 18.2 Å². The van der Waals surface area contributed by atoms with Crippen LogP contribution in [0.4, 0.5) is 0 Å². The Kier molecular flexibility index (Phi) is 4.25. The van der Waals surface area contributed by atoms with E-state index < -0.39 is 6.04 Å². The summed E-state index contributed by atoms with van der Waals surface area (Å²) in [5.41, 5.74) is 2.80. The standard InChI is InChI=1S/C21H26N4O3/c1-12-16-11-24(9-15(16)7-22-12)8-13-3-2-4-14-10-25(21(28)19(13)14)17-5-6-18(26)23-20(17)27/h2-4,12,15-17,22H,5-11H2,1H3,(H,23,26,27). The molecule has 7 nitrogen and oxygen atoms in total. The van der Waals surface area contributed by atoms with Gasteiger partial charge in [-0.1, -0.05) is 18.2 Å². The number of amides is 3. The van der Waals surface area contributed by atoms with Gasteiger partial charge in [0.1, 0.15) is 6.04 Å². The number of piperidine rings is 1. The molecule has 3 amide bonds. The quantitative estimate of drug-likeness (QED) is 0.744. The van der Waals surface area contributed by atoms with Crippen molar-refractivity contribution >= 4 is 17.7 Å². The van der Waals surface area contributed by atoms with Gasteiger partial charge in [0, 0.05) is 44.2 Å². The van der Waals surface area contributed by atoms with Crippen LogP contribution in [-0.4, -0.2) is 59.2 Å². The van der Waals surface area contributed by atoms with Gasteiger partial charge in [-0.05, 0) is 42.9 Å². The molecular weight excluding hydrogens is 356 g/mol. The smallest absolute Gasteiger partial charge is 0.255 e. The number of carbonyl (C=O) groups excluding carboxylic acids is 3. The Morgan fingerprint density at radius 3 is 2.82 bits per heavy atom. The van der Waals surface area contributed by atoms with E-state index in [1.165, 1.54) is 0 Å². The minimum absolute atomic E-state index is 0.0745. The maximum Gasteiger partial charge on any atom is 0.255 e. The Balaban J connectivity index is 1.34. The largest absolute Gasteiger partial charge is 0.322 e. The van der Waals surface area contributed by atoms with Gasteiger partial charge in [-0.25, -0.2) is 0 Å². The molecule has 1 aromatic carbocycles. The van der Waals surface area contributed by atoms with E-state index in [2.05, 4.69) is 22.5 Å². The molecule has 4 heterocycles. The SMILES string of the molecule is CC1NCC2CN(Cc3cccc4c3C(=O)N(C3CCC(=O)NC3=O)C4)CC21. The summed E-state index contributed by atoms with van der Waals surface area (Å²) in [6.07, 6.45) is 0.687. The van der Waals surface area contributed by atoms with Gasteiger partial charge < -0.3 is 10.2 Å². The molecule has 2 N–H and O–H groups in total. The molecule has 7 heteroatoms. The zero-order valence-corrected chi connectivity index (χ0v) is 16.1. The van der Waals surface area contributed by atoms with E-state index >= 15 is 0 Å². The number of likely N-dealkylation sites (tertiary alicyclic amines) is 1. The number of benzene rings is 1. The second-order valence-electron chi connectivity index (χ2n) is 8.67. The highest BCUT2D eigenvalue weighted by molar-refractivity contribution is 6.05. The Bertz CT molecular complexity index is 854. The topological polar surface area (TPSA) is 81.8 Å². The fourth-order valence-electron chi connectivity index (χ4n) is 5.45. The first-order valence-corrected chi connectivity index (χ1v) is 10.2. The van der Waals surface area contributed by atoms with Gasteiger partial charge >= 0.3 is 0 Å². The molecular formula is C21H26N4O3. The molecule has 4 aliphatic rings. The zero-order chi connectivity index (χ0) is 19.4.